The van der Waals surface area contributed by atoms with Gasteiger partial charge < -0.3 is 24.6 Å². The highest BCUT2D eigenvalue weighted by Gasteiger charge is 2.60. The van der Waals surface area contributed by atoms with Crippen LogP contribution in [0, 0.1) is 16.7 Å². The fourth-order valence-electron chi connectivity index (χ4n) is 8.32. The van der Waals surface area contributed by atoms with Crippen LogP contribution in [0.5, 0.6) is 17.2 Å². The van der Waals surface area contributed by atoms with E-state index in [1.807, 2.05) is 18.2 Å². The molecule has 4 fully saturated rings. The molecule has 0 heterocycles. The summed E-state index contributed by atoms with van der Waals surface area (Å²) in [6, 6.07) is 14.5. The Labute approximate surface area is 210 Å². The fourth-order valence-corrected chi connectivity index (χ4v) is 8.32. The molecule has 3 unspecified atom stereocenters. The lowest BCUT2D eigenvalue weighted by molar-refractivity contribution is -0.110. The van der Waals surface area contributed by atoms with Gasteiger partial charge in [0.25, 0.3) is 0 Å². The summed E-state index contributed by atoms with van der Waals surface area (Å²) in [5.74, 6) is 3.29. The Morgan fingerprint density at radius 3 is 2.23 bits per heavy atom. The van der Waals surface area contributed by atoms with Gasteiger partial charge in [-0.3, -0.25) is 0 Å². The maximum absolute atomic E-state index is 10.4. The Hall–Kier alpha value is -2.24. The van der Waals surface area contributed by atoms with E-state index < -0.39 is 6.10 Å². The molecule has 4 bridgehead atoms. The minimum Gasteiger partial charge on any atom is -0.497 e. The SMILES string of the molecule is COc1ccc(OC)c(CNCC(O)COc2ccc(C34CC5C[C@@](C)(C3)C[C@](C)(C5)C4)cc2)c1. The first-order chi connectivity index (χ1) is 16.7. The zero-order valence-electron chi connectivity index (χ0n) is 21.7. The molecule has 6 rings (SSSR count). The van der Waals surface area contributed by atoms with E-state index in [4.69, 9.17) is 14.2 Å². The van der Waals surface area contributed by atoms with E-state index >= 15 is 0 Å². The molecule has 35 heavy (non-hydrogen) atoms. The molecule has 2 N–H and O–H groups in total. The summed E-state index contributed by atoms with van der Waals surface area (Å²) in [7, 11) is 3.30. The Morgan fingerprint density at radius 2 is 1.60 bits per heavy atom. The number of hydrogen-bond donors (Lipinski definition) is 2. The topological polar surface area (TPSA) is 60.0 Å². The normalized spacial score (nSPS) is 31.9. The summed E-state index contributed by atoms with van der Waals surface area (Å²) >= 11 is 0. The smallest absolute Gasteiger partial charge is 0.123 e. The van der Waals surface area contributed by atoms with Crippen molar-refractivity contribution in [1.29, 1.82) is 0 Å². The molecule has 0 spiro atoms. The molecule has 4 saturated carbocycles. The third-order valence-corrected chi connectivity index (χ3v) is 8.72. The van der Waals surface area contributed by atoms with Crippen molar-refractivity contribution < 1.29 is 19.3 Å². The molecule has 190 valence electrons. The summed E-state index contributed by atoms with van der Waals surface area (Å²) in [4.78, 5) is 0. The van der Waals surface area contributed by atoms with Gasteiger partial charge in [0.1, 0.15) is 30.0 Å². The summed E-state index contributed by atoms with van der Waals surface area (Å²) in [5, 5.41) is 13.7. The summed E-state index contributed by atoms with van der Waals surface area (Å²) in [6.45, 7) is 6.32. The Bertz CT molecular complexity index is 1020. The van der Waals surface area contributed by atoms with Crippen molar-refractivity contribution in [3.8, 4) is 17.2 Å². The van der Waals surface area contributed by atoms with Gasteiger partial charge >= 0.3 is 0 Å². The Balaban J connectivity index is 1.14. The van der Waals surface area contributed by atoms with Gasteiger partial charge in [-0.05, 0) is 96.6 Å². The second-order valence-electron chi connectivity index (χ2n) is 12.2. The molecule has 4 aliphatic carbocycles. The Kier molecular flexibility index (Phi) is 6.52. The molecule has 0 saturated heterocycles. The quantitative estimate of drug-likeness (QED) is 0.472. The number of ether oxygens (including phenoxy) is 3. The third kappa shape index (κ3) is 5.03. The van der Waals surface area contributed by atoms with Crippen molar-refractivity contribution in [1.82, 2.24) is 5.32 Å². The summed E-state index contributed by atoms with van der Waals surface area (Å²) in [6.07, 6.45) is 7.64. The number of aliphatic hydroxyl groups excluding tert-OH is 1. The van der Waals surface area contributed by atoms with Crippen LogP contribution in [0.1, 0.15) is 63.5 Å². The maximum Gasteiger partial charge on any atom is 0.123 e. The zero-order valence-corrected chi connectivity index (χ0v) is 21.7. The first-order valence-electron chi connectivity index (χ1n) is 13.1. The highest BCUT2D eigenvalue weighted by atomic mass is 16.5. The molecule has 0 amide bonds. The molecule has 5 atom stereocenters. The molecule has 5 nitrogen and oxygen atoms in total. The van der Waals surface area contributed by atoms with Crippen molar-refractivity contribution in [2.75, 3.05) is 27.4 Å². The largest absolute Gasteiger partial charge is 0.497 e. The fraction of sp³-hybridized carbons (Fsp3) is 0.600. The standard InChI is InChI=1S/C30H41NO4/c1-28-12-21-13-29(2,18-28)20-30(14-21,19-28)23-5-7-25(8-6-23)35-17-24(32)16-31-15-22-11-26(33-3)9-10-27(22)34-4/h5-11,21,24,31-32H,12-20H2,1-4H3/t21?,24?,28-,29+,30?. The number of methoxy groups -OCH3 is 2. The summed E-state index contributed by atoms with van der Waals surface area (Å²) < 4.78 is 16.7. The lowest BCUT2D eigenvalue weighted by Crippen LogP contribution is -2.56. The molecular weight excluding hydrogens is 438 g/mol. The predicted molar refractivity (Wildman–Crippen MR) is 138 cm³/mol. The monoisotopic (exact) mass is 479 g/mol. The first-order valence-corrected chi connectivity index (χ1v) is 13.1. The predicted octanol–water partition coefficient (Wildman–Crippen LogP) is 5.48. The van der Waals surface area contributed by atoms with E-state index in [0.29, 0.717) is 29.3 Å². The van der Waals surface area contributed by atoms with Gasteiger partial charge in [-0.2, -0.15) is 0 Å². The van der Waals surface area contributed by atoms with E-state index in [1.165, 1.54) is 44.1 Å². The van der Waals surface area contributed by atoms with Gasteiger partial charge in [0, 0.05) is 18.7 Å². The second kappa shape index (κ2) is 9.33. The van der Waals surface area contributed by atoms with Crippen molar-refractivity contribution in [2.45, 2.75) is 70.4 Å². The van der Waals surface area contributed by atoms with Crippen molar-refractivity contribution in [3.05, 3.63) is 53.6 Å². The highest BCUT2D eigenvalue weighted by molar-refractivity contribution is 5.40. The van der Waals surface area contributed by atoms with Crippen LogP contribution >= 0.6 is 0 Å². The van der Waals surface area contributed by atoms with Crippen molar-refractivity contribution >= 4 is 0 Å². The van der Waals surface area contributed by atoms with E-state index in [2.05, 4.69) is 43.4 Å². The third-order valence-electron chi connectivity index (χ3n) is 8.72. The molecule has 2 aromatic carbocycles. The second-order valence-corrected chi connectivity index (χ2v) is 12.2. The average molecular weight is 480 g/mol. The van der Waals surface area contributed by atoms with Crippen LogP contribution in [-0.4, -0.2) is 38.6 Å². The van der Waals surface area contributed by atoms with E-state index in [1.54, 1.807) is 14.2 Å². The molecule has 4 aliphatic rings. The Morgan fingerprint density at radius 1 is 0.914 bits per heavy atom. The number of benzene rings is 2. The number of hydrogen-bond acceptors (Lipinski definition) is 5. The molecule has 2 aromatic rings. The van der Waals surface area contributed by atoms with Crippen LogP contribution in [0.4, 0.5) is 0 Å². The van der Waals surface area contributed by atoms with Gasteiger partial charge in [0.2, 0.25) is 0 Å². The first kappa shape index (κ1) is 24.5. The molecule has 5 heteroatoms. The van der Waals surface area contributed by atoms with Gasteiger partial charge in [-0.15, -0.1) is 0 Å². The lowest BCUT2D eigenvalue weighted by atomic mass is 9.39. The van der Waals surface area contributed by atoms with Crippen LogP contribution in [-0.2, 0) is 12.0 Å². The van der Waals surface area contributed by atoms with Crippen molar-refractivity contribution in [2.24, 2.45) is 16.7 Å². The van der Waals surface area contributed by atoms with Gasteiger partial charge in [-0.1, -0.05) is 26.0 Å². The van der Waals surface area contributed by atoms with Gasteiger partial charge in [-0.25, -0.2) is 0 Å². The van der Waals surface area contributed by atoms with Crippen LogP contribution in [0.2, 0.25) is 0 Å². The molecule has 0 aromatic heterocycles. The van der Waals surface area contributed by atoms with Crippen molar-refractivity contribution in [3.63, 3.8) is 0 Å². The number of aliphatic hydroxyl groups is 1. The van der Waals surface area contributed by atoms with Gasteiger partial charge in [0.15, 0.2) is 0 Å². The van der Waals surface area contributed by atoms with E-state index in [-0.39, 0.29) is 6.61 Å². The minimum atomic E-state index is -0.602. The zero-order chi connectivity index (χ0) is 24.7. The highest BCUT2D eigenvalue weighted by Crippen LogP contribution is 2.69. The maximum atomic E-state index is 10.4. The minimum absolute atomic E-state index is 0.255. The molecular formula is C30H41NO4. The van der Waals surface area contributed by atoms with Crippen LogP contribution < -0.4 is 19.5 Å². The molecule has 0 aliphatic heterocycles. The lowest BCUT2D eigenvalue weighted by Gasteiger charge is -2.65. The number of rotatable bonds is 10. The van der Waals surface area contributed by atoms with Crippen LogP contribution in [0.15, 0.2) is 42.5 Å². The summed E-state index contributed by atoms with van der Waals surface area (Å²) in [5.41, 5.74) is 3.83. The van der Waals surface area contributed by atoms with Crippen LogP contribution in [0.3, 0.4) is 0 Å². The van der Waals surface area contributed by atoms with Gasteiger partial charge in [0.05, 0.1) is 14.2 Å². The van der Waals surface area contributed by atoms with E-state index in [9.17, 15) is 5.11 Å². The average Bonchev–Trinajstić information content (AvgIpc) is 2.80. The number of nitrogens with one attached hydrogen (secondary N) is 1. The molecule has 0 radical (unpaired) electrons. The van der Waals surface area contributed by atoms with Crippen LogP contribution in [0.25, 0.3) is 0 Å². The van der Waals surface area contributed by atoms with E-state index in [0.717, 1.165) is 28.7 Å².